The van der Waals surface area contributed by atoms with Crippen molar-refractivity contribution >= 4 is 17.6 Å². The summed E-state index contributed by atoms with van der Waals surface area (Å²) in [7, 11) is 1.48. The van der Waals surface area contributed by atoms with Gasteiger partial charge in [-0.2, -0.15) is 10.2 Å². The first-order valence-electron chi connectivity index (χ1n) is 8.20. The lowest BCUT2D eigenvalue weighted by Crippen LogP contribution is -2.20. The number of hydrogen-bond donors (Lipinski definition) is 1. The van der Waals surface area contributed by atoms with Crippen LogP contribution in [0.4, 0.5) is 0 Å². The van der Waals surface area contributed by atoms with Crippen LogP contribution in [0.25, 0.3) is 11.7 Å². The van der Waals surface area contributed by atoms with Gasteiger partial charge in [0.1, 0.15) is 22.9 Å². The van der Waals surface area contributed by atoms with E-state index in [1.54, 1.807) is 49.4 Å². The van der Waals surface area contributed by atoms with Gasteiger partial charge in [0.2, 0.25) is 5.88 Å². The highest BCUT2D eigenvalue weighted by atomic mass is 16.5. The topological polar surface area (TPSA) is 120 Å². The first-order chi connectivity index (χ1) is 13.5. The van der Waals surface area contributed by atoms with Crippen LogP contribution in [0, 0.1) is 18.3 Å². The number of nitrogens with two attached hydrogens (primary N) is 1. The number of fused-ring (bicyclic) bond motifs is 1. The van der Waals surface area contributed by atoms with Crippen LogP contribution in [-0.4, -0.2) is 22.4 Å². The molecule has 140 valence electrons. The second kappa shape index (κ2) is 7.63. The molecule has 3 rings (SSSR count). The monoisotopic (exact) mass is 376 g/mol. The molecule has 1 aromatic carbocycles. The summed E-state index contributed by atoms with van der Waals surface area (Å²) in [5, 5.41) is 9.16. The van der Waals surface area contributed by atoms with Crippen LogP contribution >= 0.6 is 0 Å². The van der Waals surface area contributed by atoms with Crippen molar-refractivity contribution in [2.45, 2.75) is 6.92 Å². The Morgan fingerprint density at radius 2 is 1.96 bits per heavy atom. The summed E-state index contributed by atoms with van der Waals surface area (Å²) < 4.78 is 12.4. The maximum Gasteiger partial charge on any atom is 0.269 e. The molecule has 8 nitrogen and oxygen atoms in total. The average molecular weight is 376 g/mol. The van der Waals surface area contributed by atoms with Gasteiger partial charge in [-0.3, -0.25) is 14.0 Å². The maximum absolute atomic E-state index is 13.0. The Bertz CT molecular complexity index is 1210. The molecule has 2 aromatic heterocycles. The van der Waals surface area contributed by atoms with Gasteiger partial charge in [-0.05, 0) is 36.8 Å². The van der Waals surface area contributed by atoms with Gasteiger partial charge in [-0.25, -0.2) is 0 Å². The quantitative estimate of drug-likeness (QED) is 0.538. The Kier molecular flexibility index (Phi) is 5.09. The molecule has 0 aliphatic rings. The number of carbonyl (C=O) groups is 1. The fraction of sp³-hybridized carbons (Fsp3) is 0.100. The lowest BCUT2D eigenvalue weighted by molar-refractivity contribution is -0.114. The first-order valence-corrected chi connectivity index (χ1v) is 8.20. The zero-order chi connectivity index (χ0) is 20.3. The van der Waals surface area contributed by atoms with E-state index in [4.69, 9.17) is 20.5 Å². The third-order valence-corrected chi connectivity index (χ3v) is 4.00. The van der Waals surface area contributed by atoms with Crippen molar-refractivity contribution in [2.75, 3.05) is 7.11 Å². The highest BCUT2D eigenvalue weighted by Gasteiger charge is 2.18. The van der Waals surface area contributed by atoms with Crippen molar-refractivity contribution in [3.05, 3.63) is 69.6 Å². The normalized spacial score (nSPS) is 11.1. The number of primary amides is 1. The van der Waals surface area contributed by atoms with Gasteiger partial charge < -0.3 is 15.2 Å². The molecule has 28 heavy (non-hydrogen) atoms. The SMILES string of the molecule is COc1ccccc1Oc1nc2c(C)cccn2c(=O)c1/C=C(\C#N)C(N)=O. The summed E-state index contributed by atoms with van der Waals surface area (Å²) in [5.41, 5.74) is 5.36. The molecular formula is C20H16N4O4. The molecule has 0 saturated heterocycles. The number of aryl methyl sites for hydroxylation is 1. The molecule has 2 heterocycles. The van der Waals surface area contributed by atoms with Crippen molar-refractivity contribution in [1.29, 1.82) is 5.26 Å². The highest BCUT2D eigenvalue weighted by Crippen LogP contribution is 2.32. The zero-order valence-corrected chi connectivity index (χ0v) is 15.2. The van der Waals surface area contributed by atoms with Crippen LogP contribution in [0.5, 0.6) is 17.4 Å². The van der Waals surface area contributed by atoms with Gasteiger partial charge in [-0.15, -0.1) is 0 Å². The standard InChI is InChI=1S/C20H16N4O4/c1-12-6-5-9-24-18(12)23-19(28-16-8-4-3-7-15(16)27-2)14(20(24)26)10-13(11-21)17(22)25/h3-10H,1-2H3,(H2,22,25)/b13-10+. The molecule has 3 aromatic rings. The van der Waals surface area contributed by atoms with Crippen LogP contribution in [0.3, 0.4) is 0 Å². The number of para-hydroxylation sites is 2. The fourth-order valence-corrected chi connectivity index (χ4v) is 2.60. The molecule has 0 unspecified atom stereocenters. The highest BCUT2D eigenvalue weighted by molar-refractivity contribution is 6.00. The second-order valence-electron chi connectivity index (χ2n) is 5.81. The number of methoxy groups -OCH3 is 1. The molecule has 0 aliphatic carbocycles. The summed E-state index contributed by atoms with van der Waals surface area (Å²) in [4.78, 5) is 28.9. The first kappa shape index (κ1) is 18.7. The number of aromatic nitrogens is 2. The summed E-state index contributed by atoms with van der Waals surface area (Å²) in [6.07, 6.45) is 2.62. The van der Waals surface area contributed by atoms with Crippen molar-refractivity contribution in [3.8, 4) is 23.4 Å². The summed E-state index contributed by atoms with van der Waals surface area (Å²) in [6, 6.07) is 12.0. The number of benzene rings is 1. The van der Waals surface area contributed by atoms with E-state index in [1.165, 1.54) is 17.7 Å². The molecule has 0 atom stereocenters. The molecule has 0 bridgehead atoms. The van der Waals surface area contributed by atoms with E-state index in [0.29, 0.717) is 17.1 Å². The number of amides is 1. The number of hydrogen-bond acceptors (Lipinski definition) is 6. The molecular weight excluding hydrogens is 360 g/mol. The molecule has 2 N–H and O–H groups in total. The van der Waals surface area contributed by atoms with E-state index < -0.39 is 17.0 Å². The lowest BCUT2D eigenvalue weighted by Gasteiger charge is -2.13. The molecule has 1 amide bonds. The molecule has 0 fully saturated rings. The van der Waals surface area contributed by atoms with Crippen LogP contribution in [-0.2, 0) is 4.79 Å². The zero-order valence-electron chi connectivity index (χ0n) is 15.2. The van der Waals surface area contributed by atoms with E-state index in [0.717, 1.165) is 11.6 Å². The summed E-state index contributed by atoms with van der Waals surface area (Å²) >= 11 is 0. The Labute approximate surface area is 160 Å². The van der Waals surface area contributed by atoms with Crippen LogP contribution in [0.1, 0.15) is 11.1 Å². The van der Waals surface area contributed by atoms with Gasteiger partial charge in [-0.1, -0.05) is 18.2 Å². The number of nitriles is 1. The van der Waals surface area contributed by atoms with E-state index >= 15 is 0 Å². The fourth-order valence-electron chi connectivity index (χ4n) is 2.60. The number of carbonyl (C=O) groups excluding carboxylic acids is 1. The smallest absolute Gasteiger partial charge is 0.269 e. The van der Waals surface area contributed by atoms with Crippen LogP contribution in [0.15, 0.2) is 53.0 Å². The minimum Gasteiger partial charge on any atom is -0.493 e. The van der Waals surface area contributed by atoms with Gasteiger partial charge >= 0.3 is 0 Å². The predicted molar refractivity (Wildman–Crippen MR) is 102 cm³/mol. The van der Waals surface area contributed by atoms with E-state index in [9.17, 15) is 9.59 Å². The largest absolute Gasteiger partial charge is 0.493 e. The number of pyridine rings is 1. The van der Waals surface area contributed by atoms with Gasteiger partial charge in [0.25, 0.3) is 11.5 Å². The van der Waals surface area contributed by atoms with Crippen LogP contribution < -0.4 is 20.8 Å². The van der Waals surface area contributed by atoms with Crippen molar-refractivity contribution in [1.82, 2.24) is 9.38 Å². The van der Waals surface area contributed by atoms with Gasteiger partial charge in [0, 0.05) is 6.20 Å². The number of ether oxygens (including phenoxy) is 2. The van der Waals surface area contributed by atoms with Crippen molar-refractivity contribution in [2.24, 2.45) is 5.73 Å². The Balaban J connectivity index is 2.32. The van der Waals surface area contributed by atoms with Crippen LogP contribution in [0.2, 0.25) is 0 Å². The number of rotatable bonds is 5. The predicted octanol–water partition coefficient (Wildman–Crippen LogP) is 2.20. The lowest BCUT2D eigenvalue weighted by atomic mass is 10.1. The summed E-state index contributed by atoms with van der Waals surface area (Å²) in [5.74, 6) is -0.279. The maximum atomic E-state index is 13.0. The van der Waals surface area contributed by atoms with Crippen molar-refractivity contribution in [3.63, 3.8) is 0 Å². The third-order valence-electron chi connectivity index (χ3n) is 4.00. The summed E-state index contributed by atoms with van der Waals surface area (Å²) in [6.45, 7) is 1.80. The minimum absolute atomic E-state index is 0.0715. The Morgan fingerprint density at radius 1 is 1.25 bits per heavy atom. The Morgan fingerprint density at radius 3 is 2.61 bits per heavy atom. The van der Waals surface area contributed by atoms with Gasteiger partial charge in [0.05, 0.1) is 7.11 Å². The van der Waals surface area contributed by atoms with Crippen molar-refractivity contribution < 1.29 is 14.3 Å². The average Bonchev–Trinajstić information content (AvgIpc) is 2.69. The number of nitrogens with zero attached hydrogens (tertiary/aromatic N) is 3. The Hall–Kier alpha value is -4.12. The third kappa shape index (κ3) is 3.41. The van der Waals surface area contributed by atoms with E-state index in [1.807, 2.05) is 0 Å². The molecule has 0 spiro atoms. The van der Waals surface area contributed by atoms with E-state index in [-0.39, 0.29) is 11.4 Å². The molecule has 0 aliphatic heterocycles. The van der Waals surface area contributed by atoms with Gasteiger partial charge in [0.15, 0.2) is 11.5 Å². The minimum atomic E-state index is -0.959. The molecule has 0 saturated carbocycles. The molecule has 8 heteroatoms. The second-order valence-corrected chi connectivity index (χ2v) is 5.81. The van der Waals surface area contributed by atoms with E-state index in [2.05, 4.69) is 4.98 Å². The molecule has 0 radical (unpaired) electrons.